The average Bonchev–Trinajstić information content (AvgIpc) is 2.65. The van der Waals surface area contributed by atoms with Gasteiger partial charge in [0.15, 0.2) is 0 Å². The molecule has 0 aliphatic rings. The molecule has 0 saturated carbocycles. The summed E-state index contributed by atoms with van der Waals surface area (Å²) in [6.45, 7) is 3.14. The third-order valence-electron chi connectivity index (χ3n) is 4.17. The molecule has 1 unspecified atom stereocenters. The van der Waals surface area contributed by atoms with E-state index in [0.717, 1.165) is 31.2 Å². The molecule has 0 bridgehead atoms. The van der Waals surface area contributed by atoms with Crippen molar-refractivity contribution in [3.63, 3.8) is 0 Å². The second-order valence-corrected chi connectivity index (χ2v) is 6.55. The van der Waals surface area contributed by atoms with Gasteiger partial charge in [0.2, 0.25) is 11.8 Å². The van der Waals surface area contributed by atoms with Gasteiger partial charge >= 0.3 is 6.03 Å². The molecule has 5 N–H and O–H groups in total. The van der Waals surface area contributed by atoms with Gasteiger partial charge in [-0.25, -0.2) is 4.79 Å². The summed E-state index contributed by atoms with van der Waals surface area (Å²) in [7, 11) is 0. The smallest absolute Gasteiger partial charge is 0.315 e. The molecule has 1 aromatic carbocycles. The Bertz CT molecular complexity index is 578. The van der Waals surface area contributed by atoms with Gasteiger partial charge in [0, 0.05) is 19.5 Å². The number of hydrogen-bond acceptors (Lipinski definition) is 3. The molecule has 27 heavy (non-hydrogen) atoms. The molecule has 7 nitrogen and oxygen atoms in total. The van der Waals surface area contributed by atoms with Crippen molar-refractivity contribution in [1.82, 2.24) is 16.0 Å². The van der Waals surface area contributed by atoms with Crippen molar-refractivity contribution in [2.75, 3.05) is 13.1 Å². The SMILES string of the molecule is CCCCCCNC(=O)NC(CCC(N)=O)C(=O)NCCc1ccccc1. The van der Waals surface area contributed by atoms with E-state index in [9.17, 15) is 14.4 Å². The number of carbonyl (C=O) groups excluding carboxylic acids is 3. The van der Waals surface area contributed by atoms with E-state index in [4.69, 9.17) is 5.73 Å². The van der Waals surface area contributed by atoms with E-state index < -0.39 is 18.0 Å². The summed E-state index contributed by atoms with van der Waals surface area (Å²) in [4.78, 5) is 35.4. The molecule has 1 rings (SSSR count). The molecule has 1 aromatic rings. The van der Waals surface area contributed by atoms with Crippen molar-refractivity contribution < 1.29 is 14.4 Å². The molecule has 0 saturated heterocycles. The molecule has 0 aliphatic carbocycles. The van der Waals surface area contributed by atoms with Crippen LogP contribution in [0.15, 0.2) is 30.3 Å². The first kappa shape index (κ1) is 22.5. The molecule has 7 heteroatoms. The van der Waals surface area contributed by atoms with E-state index in [1.807, 2.05) is 30.3 Å². The first-order valence-corrected chi connectivity index (χ1v) is 9.67. The van der Waals surface area contributed by atoms with Gasteiger partial charge in [0.1, 0.15) is 6.04 Å². The highest BCUT2D eigenvalue weighted by Crippen LogP contribution is 2.01. The summed E-state index contributed by atoms with van der Waals surface area (Å²) >= 11 is 0. The van der Waals surface area contributed by atoms with Gasteiger partial charge in [-0.05, 0) is 24.8 Å². The maximum absolute atomic E-state index is 12.4. The van der Waals surface area contributed by atoms with Gasteiger partial charge in [0.05, 0.1) is 0 Å². The largest absolute Gasteiger partial charge is 0.370 e. The highest BCUT2D eigenvalue weighted by Gasteiger charge is 2.20. The monoisotopic (exact) mass is 376 g/mol. The number of urea groups is 1. The minimum absolute atomic E-state index is 0.0353. The molecule has 4 amide bonds. The fourth-order valence-electron chi connectivity index (χ4n) is 2.62. The molecule has 0 fully saturated rings. The number of nitrogens with one attached hydrogen (secondary N) is 3. The first-order valence-electron chi connectivity index (χ1n) is 9.67. The van der Waals surface area contributed by atoms with Crippen LogP contribution in [0.1, 0.15) is 51.0 Å². The van der Waals surface area contributed by atoms with Crippen LogP contribution in [0.4, 0.5) is 4.79 Å². The molecular weight excluding hydrogens is 344 g/mol. The minimum Gasteiger partial charge on any atom is -0.370 e. The van der Waals surface area contributed by atoms with Crippen molar-refractivity contribution in [3.05, 3.63) is 35.9 Å². The average molecular weight is 377 g/mol. The maximum atomic E-state index is 12.4. The highest BCUT2D eigenvalue weighted by atomic mass is 16.2. The Morgan fingerprint density at radius 3 is 2.41 bits per heavy atom. The Balaban J connectivity index is 2.42. The fourth-order valence-corrected chi connectivity index (χ4v) is 2.62. The van der Waals surface area contributed by atoms with Crippen molar-refractivity contribution in [1.29, 1.82) is 0 Å². The zero-order chi connectivity index (χ0) is 19.9. The number of unbranched alkanes of at least 4 members (excludes halogenated alkanes) is 3. The zero-order valence-electron chi connectivity index (χ0n) is 16.1. The Morgan fingerprint density at radius 1 is 1.00 bits per heavy atom. The maximum Gasteiger partial charge on any atom is 0.315 e. The van der Waals surface area contributed by atoms with Gasteiger partial charge in [0.25, 0.3) is 0 Å². The molecule has 0 spiro atoms. The van der Waals surface area contributed by atoms with Crippen molar-refractivity contribution >= 4 is 17.8 Å². The summed E-state index contributed by atoms with van der Waals surface area (Å²) in [5, 5.41) is 8.20. The van der Waals surface area contributed by atoms with E-state index in [-0.39, 0.29) is 18.7 Å². The molecule has 1 atom stereocenters. The van der Waals surface area contributed by atoms with Gasteiger partial charge in [-0.1, -0.05) is 56.5 Å². The van der Waals surface area contributed by atoms with Crippen LogP contribution in [-0.2, 0) is 16.0 Å². The van der Waals surface area contributed by atoms with Crippen LogP contribution in [0.5, 0.6) is 0 Å². The van der Waals surface area contributed by atoms with Gasteiger partial charge in [-0.2, -0.15) is 0 Å². The van der Waals surface area contributed by atoms with Crippen molar-refractivity contribution in [2.45, 2.75) is 57.9 Å². The van der Waals surface area contributed by atoms with Gasteiger partial charge in [-0.3, -0.25) is 9.59 Å². The van der Waals surface area contributed by atoms with Gasteiger partial charge < -0.3 is 21.7 Å². The zero-order valence-corrected chi connectivity index (χ0v) is 16.1. The Kier molecular flexibility index (Phi) is 11.3. The fraction of sp³-hybridized carbons (Fsp3) is 0.550. The predicted octanol–water partition coefficient (Wildman–Crippen LogP) is 1.86. The van der Waals surface area contributed by atoms with Crippen LogP contribution in [0, 0.1) is 0 Å². The van der Waals surface area contributed by atoms with Crippen LogP contribution in [-0.4, -0.2) is 37.0 Å². The van der Waals surface area contributed by atoms with E-state index in [0.29, 0.717) is 19.5 Å². The number of rotatable bonds is 13. The summed E-state index contributed by atoms with van der Waals surface area (Å²) in [5.74, 6) is -0.813. The quantitative estimate of drug-likeness (QED) is 0.394. The molecule has 0 heterocycles. The van der Waals surface area contributed by atoms with E-state index >= 15 is 0 Å². The van der Waals surface area contributed by atoms with Crippen LogP contribution in [0.2, 0.25) is 0 Å². The Labute approximate surface area is 161 Å². The predicted molar refractivity (Wildman–Crippen MR) is 106 cm³/mol. The summed E-state index contributed by atoms with van der Waals surface area (Å²) in [6.07, 6.45) is 5.12. The number of nitrogens with two attached hydrogens (primary N) is 1. The Hall–Kier alpha value is -2.57. The number of benzene rings is 1. The summed E-state index contributed by atoms with van der Waals surface area (Å²) < 4.78 is 0. The number of primary amides is 1. The second kappa shape index (κ2) is 13.6. The lowest BCUT2D eigenvalue weighted by Gasteiger charge is -2.18. The second-order valence-electron chi connectivity index (χ2n) is 6.55. The van der Waals surface area contributed by atoms with Crippen molar-refractivity contribution in [2.24, 2.45) is 5.73 Å². The summed E-state index contributed by atoms with van der Waals surface area (Å²) in [5.41, 5.74) is 6.29. The van der Waals surface area contributed by atoms with Crippen molar-refractivity contribution in [3.8, 4) is 0 Å². The lowest BCUT2D eigenvalue weighted by molar-refractivity contribution is -0.123. The lowest BCUT2D eigenvalue weighted by atomic mass is 10.1. The normalized spacial score (nSPS) is 11.4. The molecular formula is C20H32N4O3. The standard InChI is InChI=1S/C20H32N4O3/c1-2-3-4-8-14-23-20(27)24-17(11-12-18(21)25)19(26)22-15-13-16-9-6-5-7-10-16/h5-7,9-10,17H,2-4,8,11-15H2,1H3,(H2,21,25)(H,22,26)(H2,23,24,27). The first-order chi connectivity index (χ1) is 13.0. The van der Waals surface area contributed by atoms with E-state index in [1.54, 1.807) is 0 Å². The third kappa shape index (κ3) is 10.9. The molecule has 0 radical (unpaired) electrons. The number of amides is 4. The van der Waals surface area contributed by atoms with Crippen LogP contribution < -0.4 is 21.7 Å². The van der Waals surface area contributed by atoms with E-state index in [2.05, 4.69) is 22.9 Å². The van der Waals surface area contributed by atoms with Crippen LogP contribution >= 0.6 is 0 Å². The van der Waals surface area contributed by atoms with E-state index in [1.165, 1.54) is 0 Å². The molecule has 0 aliphatic heterocycles. The molecule has 150 valence electrons. The lowest BCUT2D eigenvalue weighted by Crippen LogP contribution is -2.50. The Morgan fingerprint density at radius 2 is 1.74 bits per heavy atom. The third-order valence-corrected chi connectivity index (χ3v) is 4.17. The topological polar surface area (TPSA) is 113 Å². The minimum atomic E-state index is -0.788. The number of carbonyl (C=O) groups is 3. The van der Waals surface area contributed by atoms with Gasteiger partial charge in [-0.15, -0.1) is 0 Å². The molecule has 0 aromatic heterocycles. The summed E-state index contributed by atoms with van der Waals surface area (Å²) in [6, 6.07) is 8.61. The number of hydrogen-bond donors (Lipinski definition) is 4. The highest BCUT2D eigenvalue weighted by molar-refractivity contribution is 5.87. The van der Waals surface area contributed by atoms with Crippen LogP contribution in [0.25, 0.3) is 0 Å². The van der Waals surface area contributed by atoms with Crippen LogP contribution in [0.3, 0.4) is 0 Å².